The van der Waals surface area contributed by atoms with Gasteiger partial charge >= 0.3 is 5.97 Å². The number of esters is 1. The maximum atomic E-state index is 12.5. The van der Waals surface area contributed by atoms with Crippen molar-refractivity contribution in [3.63, 3.8) is 0 Å². The maximum Gasteiger partial charge on any atom is 0.305 e. The summed E-state index contributed by atoms with van der Waals surface area (Å²) in [7, 11) is 0. The fraction of sp³-hybridized carbons (Fsp3) is 0.861. The summed E-state index contributed by atoms with van der Waals surface area (Å²) in [6.45, 7) is 4.90. The van der Waals surface area contributed by atoms with E-state index in [1.807, 2.05) is 6.08 Å². The van der Waals surface area contributed by atoms with E-state index in [4.69, 9.17) is 4.74 Å². The number of aliphatic hydroxyl groups is 2. The third kappa shape index (κ3) is 63.0. The molecule has 458 valence electrons. The molecule has 0 spiro atoms. The molecule has 0 saturated heterocycles. The van der Waals surface area contributed by atoms with Gasteiger partial charge in [-0.15, -0.1) is 0 Å². The van der Waals surface area contributed by atoms with Gasteiger partial charge in [-0.2, -0.15) is 0 Å². The summed E-state index contributed by atoms with van der Waals surface area (Å²) in [5.74, 6) is -0.0665. The third-order valence-electron chi connectivity index (χ3n) is 16.1. The highest BCUT2D eigenvalue weighted by atomic mass is 16.5. The van der Waals surface area contributed by atoms with Gasteiger partial charge in [0.15, 0.2) is 0 Å². The van der Waals surface area contributed by atoms with Crippen LogP contribution in [0.3, 0.4) is 0 Å². The van der Waals surface area contributed by atoms with Gasteiger partial charge < -0.3 is 20.3 Å². The Morgan fingerprint density at radius 2 is 0.641 bits per heavy atom. The van der Waals surface area contributed by atoms with E-state index in [0.717, 1.165) is 57.8 Å². The molecule has 0 saturated carbocycles. The number of hydrogen-bond acceptors (Lipinski definition) is 5. The number of rotatable bonds is 65. The van der Waals surface area contributed by atoms with E-state index >= 15 is 0 Å². The molecule has 0 aliphatic rings. The molecule has 3 N–H and O–H groups in total. The lowest BCUT2D eigenvalue weighted by atomic mass is 10.0. The van der Waals surface area contributed by atoms with Gasteiger partial charge in [0, 0.05) is 12.8 Å². The van der Waals surface area contributed by atoms with Crippen molar-refractivity contribution in [2.24, 2.45) is 0 Å². The zero-order chi connectivity index (χ0) is 56.4. The van der Waals surface area contributed by atoms with Crippen LogP contribution in [0.2, 0.25) is 0 Å². The molecule has 6 nitrogen and oxygen atoms in total. The molecule has 0 radical (unpaired) electrons. The highest BCUT2D eigenvalue weighted by Gasteiger charge is 2.18. The zero-order valence-electron chi connectivity index (χ0n) is 52.4. The largest absolute Gasteiger partial charge is 0.466 e. The minimum absolute atomic E-state index is 0.00587. The average Bonchev–Trinajstić information content (AvgIpc) is 3.44. The smallest absolute Gasteiger partial charge is 0.305 e. The van der Waals surface area contributed by atoms with E-state index in [2.05, 4.69) is 55.6 Å². The molecule has 0 aliphatic carbocycles. The summed E-state index contributed by atoms with van der Waals surface area (Å²) in [6.07, 6.45) is 87.5. The molecular weight excluding hydrogens is 959 g/mol. The van der Waals surface area contributed by atoms with Crippen molar-refractivity contribution in [1.29, 1.82) is 0 Å². The molecule has 0 rings (SSSR count). The van der Waals surface area contributed by atoms with Gasteiger partial charge in [-0.05, 0) is 89.9 Å². The van der Waals surface area contributed by atoms with E-state index in [0.29, 0.717) is 19.4 Å². The van der Waals surface area contributed by atoms with E-state index in [1.54, 1.807) is 6.08 Å². The first-order valence-electron chi connectivity index (χ1n) is 34.9. The van der Waals surface area contributed by atoms with Crippen molar-refractivity contribution in [1.82, 2.24) is 5.32 Å². The summed E-state index contributed by atoms with van der Waals surface area (Å²) in [5, 5.41) is 23.2. The predicted octanol–water partition coefficient (Wildman–Crippen LogP) is 22.5. The average molecular weight is 1090 g/mol. The lowest BCUT2D eigenvalue weighted by Crippen LogP contribution is -2.45. The number of nitrogens with one attached hydrogen (secondary N) is 1. The Balaban J connectivity index is 3.43. The Kier molecular flexibility index (Phi) is 65.4. The van der Waals surface area contributed by atoms with Gasteiger partial charge in [0.2, 0.25) is 5.91 Å². The highest BCUT2D eigenvalue weighted by Crippen LogP contribution is 2.18. The van der Waals surface area contributed by atoms with Gasteiger partial charge in [-0.1, -0.05) is 319 Å². The van der Waals surface area contributed by atoms with E-state index in [9.17, 15) is 19.8 Å². The van der Waals surface area contributed by atoms with Crippen molar-refractivity contribution in [2.75, 3.05) is 13.2 Å². The van der Waals surface area contributed by atoms with Crippen LogP contribution in [-0.4, -0.2) is 47.4 Å². The van der Waals surface area contributed by atoms with Crippen molar-refractivity contribution < 1.29 is 24.5 Å². The monoisotopic (exact) mass is 1090 g/mol. The molecule has 0 heterocycles. The van der Waals surface area contributed by atoms with Crippen LogP contribution in [0, 0.1) is 0 Å². The standard InChI is InChI=1S/C72H135NO5/c1-3-5-7-9-11-13-15-17-19-21-23-29-32-36-40-44-48-52-56-60-64-70(75)69(68-74)73-71(76)65-61-57-53-49-45-41-37-33-30-26-24-25-27-31-35-39-43-47-51-55-59-63-67-78-72(77)66-62-58-54-50-46-42-38-34-28-22-20-18-16-14-12-10-8-6-4-2/h12,14,18,20,26,30,60,64,69-70,74-75H,3-11,13,15-17,19,21-25,27-29,31-59,61-63,65-68H2,1-2H3,(H,73,76)/b14-12-,20-18-,30-26-,64-60+. The second-order valence-electron chi connectivity index (χ2n) is 23.9. The molecule has 2 atom stereocenters. The second kappa shape index (κ2) is 67.3. The Morgan fingerprint density at radius 1 is 0.359 bits per heavy atom. The minimum Gasteiger partial charge on any atom is -0.466 e. The molecule has 6 heteroatoms. The van der Waals surface area contributed by atoms with Crippen LogP contribution < -0.4 is 5.32 Å². The fourth-order valence-corrected chi connectivity index (χ4v) is 10.7. The summed E-state index contributed by atoms with van der Waals surface area (Å²) in [6, 6.07) is -0.635. The molecule has 0 aromatic rings. The van der Waals surface area contributed by atoms with Crippen LogP contribution in [0.4, 0.5) is 0 Å². The number of ether oxygens (including phenoxy) is 1. The minimum atomic E-state index is -0.851. The molecule has 0 aliphatic heterocycles. The van der Waals surface area contributed by atoms with Crippen molar-refractivity contribution >= 4 is 11.9 Å². The molecule has 0 bridgehead atoms. The Hall–Kier alpha value is -2.18. The van der Waals surface area contributed by atoms with Crippen LogP contribution in [-0.2, 0) is 14.3 Å². The summed E-state index contributed by atoms with van der Waals surface area (Å²) in [5.41, 5.74) is 0. The first-order valence-corrected chi connectivity index (χ1v) is 34.9. The van der Waals surface area contributed by atoms with E-state index in [1.165, 1.54) is 289 Å². The molecule has 0 fully saturated rings. The van der Waals surface area contributed by atoms with Gasteiger partial charge in [0.1, 0.15) is 0 Å². The lowest BCUT2D eigenvalue weighted by Gasteiger charge is -2.20. The summed E-state index contributed by atoms with van der Waals surface area (Å²) < 4.78 is 5.50. The quantitative estimate of drug-likeness (QED) is 0.0320. The maximum absolute atomic E-state index is 12.5. The van der Waals surface area contributed by atoms with Gasteiger partial charge in [-0.25, -0.2) is 0 Å². The molecule has 1 amide bonds. The summed E-state index contributed by atoms with van der Waals surface area (Å²) >= 11 is 0. The zero-order valence-corrected chi connectivity index (χ0v) is 52.4. The first-order chi connectivity index (χ1) is 38.5. The fourth-order valence-electron chi connectivity index (χ4n) is 10.7. The Morgan fingerprint density at radius 3 is 1.01 bits per heavy atom. The SMILES string of the molecule is CCCCC/C=C\C/C=C\CCCCCCCCCCCC(=O)OCCCCCCCCCCCCC/C=C\CCCCCCCCCC(=O)NC(CO)C(O)/C=C/CCCCCCCCCCCCCCCCCCCC. The topological polar surface area (TPSA) is 95.9 Å². The molecule has 0 aromatic carbocycles. The Bertz CT molecular complexity index is 1310. The van der Waals surface area contributed by atoms with Crippen LogP contribution >= 0.6 is 0 Å². The first kappa shape index (κ1) is 75.8. The molecular formula is C72H135NO5. The van der Waals surface area contributed by atoms with Crippen molar-refractivity contribution in [3.05, 3.63) is 48.6 Å². The normalized spacial score (nSPS) is 12.8. The van der Waals surface area contributed by atoms with Gasteiger partial charge in [-0.3, -0.25) is 9.59 Å². The van der Waals surface area contributed by atoms with E-state index in [-0.39, 0.29) is 18.5 Å². The number of aliphatic hydroxyl groups excluding tert-OH is 2. The summed E-state index contributed by atoms with van der Waals surface area (Å²) in [4.78, 5) is 24.6. The number of carbonyl (C=O) groups excluding carboxylic acids is 2. The predicted molar refractivity (Wildman–Crippen MR) is 342 cm³/mol. The van der Waals surface area contributed by atoms with Crippen molar-refractivity contribution in [2.45, 2.75) is 386 Å². The lowest BCUT2D eigenvalue weighted by molar-refractivity contribution is -0.143. The van der Waals surface area contributed by atoms with E-state index < -0.39 is 12.1 Å². The Labute approximate surface area is 486 Å². The molecule has 78 heavy (non-hydrogen) atoms. The number of allylic oxidation sites excluding steroid dienone is 7. The van der Waals surface area contributed by atoms with Crippen LogP contribution in [0.1, 0.15) is 373 Å². The van der Waals surface area contributed by atoms with Crippen LogP contribution in [0.15, 0.2) is 48.6 Å². The number of carbonyl (C=O) groups is 2. The second-order valence-corrected chi connectivity index (χ2v) is 23.9. The van der Waals surface area contributed by atoms with Crippen molar-refractivity contribution in [3.8, 4) is 0 Å². The van der Waals surface area contributed by atoms with Crippen LogP contribution in [0.5, 0.6) is 0 Å². The molecule has 2 unspecified atom stereocenters. The van der Waals surface area contributed by atoms with Gasteiger partial charge in [0.25, 0.3) is 0 Å². The molecule has 0 aromatic heterocycles. The number of amides is 1. The third-order valence-corrected chi connectivity index (χ3v) is 16.1. The van der Waals surface area contributed by atoms with Gasteiger partial charge in [0.05, 0.1) is 25.4 Å². The number of unbranched alkanes of at least 4 members (excludes halogenated alkanes) is 48. The number of hydrogen-bond donors (Lipinski definition) is 3. The highest BCUT2D eigenvalue weighted by molar-refractivity contribution is 5.76. The van der Waals surface area contributed by atoms with Crippen LogP contribution in [0.25, 0.3) is 0 Å².